The normalized spacial score (nSPS) is 21.9. The number of carbonyl (C=O) groups excluding carboxylic acids is 1. The van der Waals surface area contributed by atoms with E-state index in [2.05, 4.69) is 44.3 Å². The zero-order chi connectivity index (χ0) is 15.5. The molecular weight excluding hydrogens is 282 g/mol. The first-order valence-corrected chi connectivity index (χ1v) is 8.17. The Morgan fingerprint density at radius 3 is 2.64 bits per heavy atom. The van der Waals surface area contributed by atoms with Crippen LogP contribution in [0.3, 0.4) is 0 Å². The van der Waals surface area contributed by atoms with E-state index in [0.717, 1.165) is 45.4 Å². The highest BCUT2D eigenvalue weighted by Gasteiger charge is 2.33. The molecule has 3 heterocycles. The van der Waals surface area contributed by atoms with Gasteiger partial charge in [0.2, 0.25) is 0 Å². The number of hydrogen-bond acceptors (Lipinski definition) is 5. The number of urea groups is 1. The maximum atomic E-state index is 12.7. The number of H-pyrrole nitrogens is 1. The summed E-state index contributed by atoms with van der Waals surface area (Å²) >= 11 is 0. The van der Waals surface area contributed by atoms with Gasteiger partial charge >= 0.3 is 6.03 Å². The molecule has 1 aromatic heterocycles. The highest BCUT2D eigenvalue weighted by molar-refractivity contribution is 5.75. The molecule has 2 aliphatic rings. The molecule has 0 aliphatic carbocycles. The molecule has 0 aromatic carbocycles. The van der Waals surface area contributed by atoms with Crippen molar-refractivity contribution in [3.8, 4) is 0 Å². The topological polar surface area (TPSA) is 81.2 Å². The number of amides is 2. The van der Waals surface area contributed by atoms with Crippen molar-refractivity contribution in [2.45, 2.75) is 51.7 Å². The van der Waals surface area contributed by atoms with Gasteiger partial charge in [0.05, 0.1) is 6.54 Å². The minimum Gasteiger partial charge on any atom is -0.321 e. The Bertz CT molecular complexity index is 481. The van der Waals surface area contributed by atoms with Gasteiger partial charge in [0, 0.05) is 38.3 Å². The number of nitrogens with zero attached hydrogens (tertiary/aromatic N) is 6. The summed E-state index contributed by atoms with van der Waals surface area (Å²) in [6.07, 6.45) is 3.15. The lowest BCUT2D eigenvalue weighted by Crippen LogP contribution is -2.55. The van der Waals surface area contributed by atoms with Crippen LogP contribution in [0.25, 0.3) is 0 Å². The van der Waals surface area contributed by atoms with Crippen LogP contribution < -0.4 is 0 Å². The minimum absolute atomic E-state index is 0.124. The number of hydrogen-bond donors (Lipinski definition) is 1. The number of likely N-dealkylation sites (tertiary alicyclic amines) is 1. The summed E-state index contributed by atoms with van der Waals surface area (Å²) < 4.78 is 0. The lowest BCUT2D eigenvalue weighted by Gasteiger charge is -2.44. The summed E-state index contributed by atoms with van der Waals surface area (Å²) in [5, 5.41) is 13.9. The summed E-state index contributed by atoms with van der Waals surface area (Å²) in [6.45, 7) is 8.71. The summed E-state index contributed by atoms with van der Waals surface area (Å²) in [6, 6.07) is 1.09. The molecule has 122 valence electrons. The molecule has 0 radical (unpaired) electrons. The number of aromatic nitrogens is 4. The summed E-state index contributed by atoms with van der Waals surface area (Å²) in [7, 11) is 0. The second-order valence-corrected chi connectivity index (χ2v) is 6.44. The molecule has 0 spiro atoms. The molecule has 2 aliphatic heterocycles. The Labute approximate surface area is 130 Å². The van der Waals surface area contributed by atoms with Gasteiger partial charge in [0.1, 0.15) is 0 Å². The molecule has 8 nitrogen and oxygen atoms in total. The van der Waals surface area contributed by atoms with Crippen LogP contribution in [-0.2, 0) is 6.54 Å². The highest BCUT2D eigenvalue weighted by atomic mass is 16.2. The molecule has 2 fully saturated rings. The number of aromatic amines is 1. The Morgan fingerprint density at radius 1 is 1.23 bits per heavy atom. The van der Waals surface area contributed by atoms with Crippen molar-refractivity contribution in [1.29, 1.82) is 0 Å². The first kappa shape index (κ1) is 15.2. The Morgan fingerprint density at radius 2 is 2.00 bits per heavy atom. The maximum Gasteiger partial charge on any atom is 0.320 e. The van der Waals surface area contributed by atoms with Gasteiger partial charge in [-0.3, -0.25) is 0 Å². The van der Waals surface area contributed by atoms with Crippen molar-refractivity contribution < 1.29 is 4.79 Å². The van der Waals surface area contributed by atoms with Crippen LogP contribution in [0.4, 0.5) is 4.79 Å². The van der Waals surface area contributed by atoms with E-state index in [4.69, 9.17) is 0 Å². The third-order valence-electron chi connectivity index (χ3n) is 4.73. The van der Waals surface area contributed by atoms with Crippen molar-refractivity contribution in [3.63, 3.8) is 0 Å². The molecular formula is C14H25N7O. The van der Waals surface area contributed by atoms with Gasteiger partial charge in [-0.2, -0.15) is 5.21 Å². The third kappa shape index (κ3) is 3.21. The Balaban J connectivity index is 1.58. The Hall–Kier alpha value is -1.70. The fourth-order valence-electron chi connectivity index (χ4n) is 3.42. The van der Waals surface area contributed by atoms with Gasteiger partial charge in [-0.05, 0) is 33.1 Å². The first-order valence-electron chi connectivity index (χ1n) is 8.17. The molecule has 2 saturated heterocycles. The molecule has 1 N–H and O–H groups in total. The van der Waals surface area contributed by atoms with Crippen LogP contribution in [-0.4, -0.2) is 79.6 Å². The third-order valence-corrected chi connectivity index (χ3v) is 4.73. The standard InChI is InChI=1S/C14H25N7O/c1-11(2)19-8-4-12(5-9-19)21-7-3-6-20(14(21)22)10-13-15-17-18-16-13/h11-12H,3-10H2,1-2H3,(H,15,16,17,18). The SMILES string of the molecule is CC(C)N1CCC(N2CCCN(Cc3nn[nH]n3)C2=O)CC1. The van der Waals surface area contributed by atoms with Crippen LogP contribution in [0.5, 0.6) is 0 Å². The molecule has 0 bridgehead atoms. The van der Waals surface area contributed by atoms with Crippen molar-refractivity contribution in [3.05, 3.63) is 5.82 Å². The van der Waals surface area contributed by atoms with E-state index in [9.17, 15) is 4.79 Å². The fourth-order valence-corrected chi connectivity index (χ4v) is 3.42. The smallest absolute Gasteiger partial charge is 0.320 e. The number of carbonyl (C=O) groups is 1. The van der Waals surface area contributed by atoms with Crippen LogP contribution in [0, 0.1) is 0 Å². The van der Waals surface area contributed by atoms with Crippen molar-refractivity contribution in [2.24, 2.45) is 0 Å². The number of rotatable bonds is 4. The molecule has 8 heteroatoms. The predicted octanol–water partition coefficient (Wildman–Crippen LogP) is 0.700. The quantitative estimate of drug-likeness (QED) is 0.885. The van der Waals surface area contributed by atoms with Crippen LogP contribution in [0.15, 0.2) is 0 Å². The Kier molecular flexibility index (Phi) is 4.56. The molecule has 22 heavy (non-hydrogen) atoms. The largest absolute Gasteiger partial charge is 0.321 e. The number of piperidine rings is 1. The lowest BCUT2D eigenvalue weighted by molar-refractivity contribution is 0.0686. The van der Waals surface area contributed by atoms with Gasteiger partial charge in [-0.1, -0.05) is 5.21 Å². The first-order chi connectivity index (χ1) is 10.6. The summed E-state index contributed by atoms with van der Waals surface area (Å²) in [5.74, 6) is 0.574. The maximum absolute atomic E-state index is 12.7. The van der Waals surface area contributed by atoms with Crippen LogP contribution in [0.1, 0.15) is 38.9 Å². The van der Waals surface area contributed by atoms with E-state index < -0.39 is 0 Å². The fraction of sp³-hybridized carbons (Fsp3) is 0.857. The molecule has 0 saturated carbocycles. The zero-order valence-corrected chi connectivity index (χ0v) is 13.4. The number of nitrogens with one attached hydrogen (secondary N) is 1. The van der Waals surface area contributed by atoms with Gasteiger partial charge in [0.15, 0.2) is 5.82 Å². The van der Waals surface area contributed by atoms with E-state index in [0.29, 0.717) is 24.5 Å². The van der Waals surface area contributed by atoms with Gasteiger partial charge in [0.25, 0.3) is 0 Å². The van der Waals surface area contributed by atoms with E-state index in [1.807, 2.05) is 4.90 Å². The number of tetrazole rings is 1. The monoisotopic (exact) mass is 307 g/mol. The van der Waals surface area contributed by atoms with Crippen LogP contribution in [0.2, 0.25) is 0 Å². The van der Waals surface area contributed by atoms with Crippen molar-refractivity contribution >= 4 is 6.03 Å². The average molecular weight is 307 g/mol. The van der Waals surface area contributed by atoms with E-state index in [1.165, 1.54) is 0 Å². The van der Waals surface area contributed by atoms with Gasteiger partial charge < -0.3 is 14.7 Å². The van der Waals surface area contributed by atoms with Crippen molar-refractivity contribution in [2.75, 3.05) is 26.2 Å². The summed E-state index contributed by atoms with van der Waals surface area (Å²) in [5.41, 5.74) is 0. The zero-order valence-electron chi connectivity index (χ0n) is 13.4. The molecule has 0 unspecified atom stereocenters. The molecule has 0 atom stereocenters. The van der Waals surface area contributed by atoms with Crippen LogP contribution >= 0.6 is 0 Å². The van der Waals surface area contributed by atoms with E-state index in [-0.39, 0.29) is 6.03 Å². The van der Waals surface area contributed by atoms with E-state index in [1.54, 1.807) is 0 Å². The van der Waals surface area contributed by atoms with Gasteiger partial charge in [-0.15, -0.1) is 10.2 Å². The van der Waals surface area contributed by atoms with Gasteiger partial charge in [-0.25, -0.2) is 4.79 Å². The van der Waals surface area contributed by atoms with E-state index >= 15 is 0 Å². The molecule has 1 aromatic rings. The highest BCUT2D eigenvalue weighted by Crippen LogP contribution is 2.22. The minimum atomic E-state index is 0.124. The molecule has 3 rings (SSSR count). The predicted molar refractivity (Wildman–Crippen MR) is 81.0 cm³/mol. The lowest BCUT2D eigenvalue weighted by atomic mass is 10.0. The summed E-state index contributed by atoms with van der Waals surface area (Å²) in [4.78, 5) is 19.1. The molecule has 2 amide bonds. The second kappa shape index (κ2) is 6.60. The average Bonchev–Trinajstić information content (AvgIpc) is 3.02. The second-order valence-electron chi connectivity index (χ2n) is 6.44. The van der Waals surface area contributed by atoms with Crippen molar-refractivity contribution in [1.82, 2.24) is 35.3 Å².